The van der Waals surface area contributed by atoms with Gasteiger partial charge in [0.1, 0.15) is 0 Å². The molecule has 0 saturated heterocycles. The van der Waals surface area contributed by atoms with Crippen molar-refractivity contribution >= 4 is 23.1 Å². The monoisotopic (exact) mass is 397 g/mol. The Morgan fingerprint density at radius 2 is 1.66 bits per heavy atom. The molecule has 1 amide bonds. The van der Waals surface area contributed by atoms with Crippen LogP contribution in [0, 0.1) is 5.92 Å². The van der Waals surface area contributed by atoms with Crippen molar-refractivity contribution in [2.75, 3.05) is 19.5 Å². The summed E-state index contributed by atoms with van der Waals surface area (Å²) in [6.07, 6.45) is 2.45. The Morgan fingerprint density at radius 3 is 2.17 bits per heavy atom. The Kier molecular flexibility index (Phi) is 7.42. The molecule has 0 saturated carbocycles. The molecule has 0 aliphatic rings. The first-order valence-electron chi connectivity index (χ1n) is 9.33. The smallest absolute Gasteiger partial charge is 0.337 e. The number of carboxylic acids is 1. The number of rotatable bonds is 8. The maximum absolute atomic E-state index is 12.5. The highest BCUT2D eigenvalue weighted by Crippen LogP contribution is 2.33. The van der Waals surface area contributed by atoms with Gasteiger partial charge in [0.25, 0.3) is 0 Å². The van der Waals surface area contributed by atoms with Crippen LogP contribution in [0.4, 0.5) is 5.69 Å². The molecule has 2 aromatic rings. The van der Waals surface area contributed by atoms with Crippen LogP contribution in [0.15, 0.2) is 42.5 Å². The number of carbonyl (C=O) groups excluding carboxylic acids is 1. The molecule has 2 N–H and O–H groups in total. The van der Waals surface area contributed by atoms with Crippen molar-refractivity contribution in [1.29, 1.82) is 0 Å². The van der Waals surface area contributed by atoms with Crippen LogP contribution >= 0.6 is 0 Å². The molecular weight excluding hydrogens is 370 g/mol. The lowest BCUT2D eigenvalue weighted by atomic mass is 9.99. The van der Waals surface area contributed by atoms with E-state index in [0.717, 1.165) is 17.6 Å². The van der Waals surface area contributed by atoms with Crippen LogP contribution in [0.1, 0.15) is 42.3 Å². The Bertz CT molecular complexity index is 914. The van der Waals surface area contributed by atoms with Gasteiger partial charge in [-0.05, 0) is 36.0 Å². The third-order valence-corrected chi connectivity index (χ3v) is 4.41. The van der Waals surface area contributed by atoms with Gasteiger partial charge in [0.15, 0.2) is 11.5 Å². The van der Waals surface area contributed by atoms with E-state index in [0.29, 0.717) is 11.7 Å². The van der Waals surface area contributed by atoms with E-state index in [-0.39, 0.29) is 17.0 Å². The van der Waals surface area contributed by atoms with E-state index in [9.17, 15) is 14.7 Å². The van der Waals surface area contributed by atoms with E-state index in [1.54, 1.807) is 0 Å². The minimum absolute atomic E-state index is 0.0832. The summed E-state index contributed by atoms with van der Waals surface area (Å²) in [4.78, 5) is 24.0. The van der Waals surface area contributed by atoms with E-state index >= 15 is 0 Å². The van der Waals surface area contributed by atoms with Crippen molar-refractivity contribution < 1.29 is 24.2 Å². The molecule has 6 nitrogen and oxygen atoms in total. The van der Waals surface area contributed by atoms with Crippen molar-refractivity contribution in [2.45, 2.75) is 27.2 Å². The highest BCUT2D eigenvalue weighted by molar-refractivity contribution is 6.07. The summed E-state index contributed by atoms with van der Waals surface area (Å²) in [6.45, 7) is 6.18. The van der Waals surface area contributed by atoms with Crippen molar-refractivity contribution in [2.24, 2.45) is 5.92 Å². The molecule has 0 heterocycles. The maximum Gasteiger partial charge on any atom is 0.337 e. The zero-order valence-corrected chi connectivity index (χ0v) is 17.4. The van der Waals surface area contributed by atoms with Crippen LogP contribution in [0.25, 0.3) is 5.57 Å². The highest BCUT2D eigenvalue weighted by Gasteiger charge is 2.17. The molecule has 0 fully saturated rings. The normalized spacial score (nSPS) is 11.3. The molecule has 0 aromatic heterocycles. The van der Waals surface area contributed by atoms with Gasteiger partial charge in [0.05, 0.1) is 25.5 Å². The SMILES string of the molecule is COc1cc(NC(=O)/C=C(/C)c2ccc(CC(C)C)cc2)c(C(=O)O)cc1OC. The summed E-state index contributed by atoms with van der Waals surface area (Å²) in [5, 5.41) is 12.1. The Hall–Kier alpha value is -3.28. The van der Waals surface area contributed by atoms with Gasteiger partial charge in [-0.3, -0.25) is 4.79 Å². The zero-order valence-electron chi connectivity index (χ0n) is 17.4. The lowest BCUT2D eigenvalue weighted by Crippen LogP contribution is -2.13. The van der Waals surface area contributed by atoms with Gasteiger partial charge < -0.3 is 19.9 Å². The largest absolute Gasteiger partial charge is 0.493 e. The Labute approximate surface area is 171 Å². The minimum Gasteiger partial charge on any atom is -0.493 e. The van der Waals surface area contributed by atoms with E-state index < -0.39 is 11.9 Å². The predicted molar refractivity (Wildman–Crippen MR) is 114 cm³/mol. The summed E-state index contributed by atoms with van der Waals surface area (Å²) in [5.74, 6) is -0.426. The van der Waals surface area contributed by atoms with Gasteiger partial charge in [-0.1, -0.05) is 38.1 Å². The van der Waals surface area contributed by atoms with Crippen LogP contribution in [-0.2, 0) is 11.2 Å². The number of amides is 1. The molecule has 0 aliphatic heterocycles. The number of methoxy groups -OCH3 is 2. The number of benzene rings is 2. The predicted octanol–water partition coefficient (Wildman–Crippen LogP) is 4.64. The number of allylic oxidation sites excluding steroid dienone is 1. The topological polar surface area (TPSA) is 84.9 Å². The molecule has 2 aromatic carbocycles. The molecule has 0 spiro atoms. The van der Waals surface area contributed by atoms with Crippen molar-refractivity contribution in [3.63, 3.8) is 0 Å². The second-order valence-electron chi connectivity index (χ2n) is 7.17. The van der Waals surface area contributed by atoms with Crippen molar-refractivity contribution in [3.05, 3.63) is 59.2 Å². The van der Waals surface area contributed by atoms with Crippen LogP contribution in [0.5, 0.6) is 11.5 Å². The van der Waals surface area contributed by atoms with Gasteiger partial charge >= 0.3 is 5.97 Å². The first kappa shape index (κ1) is 22.0. The van der Waals surface area contributed by atoms with E-state index in [1.807, 2.05) is 19.1 Å². The lowest BCUT2D eigenvalue weighted by molar-refractivity contribution is -0.111. The summed E-state index contributed by atoms with van der Waals surface area (Å²) in [7, 11) is 2.86. The van der Waals surface area contributed by atoms with Crippen LogP contribution in [0.3, 0.4) is 0 Å². The molecule has 2 rings (SSSR count). The Balaban J connectivity index is 2.24. The highest BCUT2D eigenvalue weighted by atomic mass is 16.5. The van der Waals surface area contributed by atoms with E-state index in [1.165, 1.54) is 38.0 Å². The summed E-state index contributed by atoms with van der Waals surface area (Å²) >= 11 is 0. The average molecular weight is 397 g/mol. The molecule has 0 bridgehead atoms. The molecule has 29 heavy (non-hydrogen) atoms. The first-order valence-corrected chi connectivity index (χ1v) is 9.33. The fraction of sp³-hybridized carbons (Fsp3) is 0.304. The minimum atomic E-state index is -1.18. The number of ether oxygens (including phenoxy) is 2. The molecule has 6 heteroatoms. The molecular formula is C23H27NO5. The number of carboxylic acid groups (broad SMARTS) is 1. The number of nitrogens with one attached hydrogen (secondary N) is 1. The molecule has 0 atom stereocenters. The standard InChI is InChI=1S/C23H27NO5/c1-14(2)10-16-6-8-17(9-7-16)15(3)11-22(25)24-19-13-21(29-5)20(28-4)12-18(19)23(26)27/h6-9,11-14H,10H2,1-5H3,(H,24,25)(H,26,27)/b15-11-. The maximum atomic E-state index is 12.5. The number of hydrogen-bond acceptors (Lipinski definition) is 4. The third kappa shape index (κ3) is 5.85. The summed E-state index contributed by atoms with van der Waals surface area (Å²) in [5.41, 5.74) is 3.00. The van der Waals surface area contributed by atoms with Crippen molar-refractivity contribution in [3.8, 4) is 11.5 Å². The van der Waals surface area contributed by atoms with Crippen LogP contribution < -0.4 is 14.8 Å². The lowest BCUT2D eigenvalue weighted by Gasteiger charge is -2.13. The number of aromatic carboxylic acids is 1. The first-order chi connectivity index (χ1) is 13.7. The van der Waals surface area contributed by atoms with E-state index in [4.69, 9.17) is 9.47 Å². The molecule has 0 unspecified atom stereocenters. The van der Waals surface area contributed by atoms with Crippen LogP contribution in [0.2, 0.25) is 0 Å². The molecule has 0 radical (unpaired) electrons. The fourth-order valence-corrected chi connectivity index (χ4v) is 2.98. The number of carbonyl (C=O) groups is 2. The van der Waals surface area contributed by atoms with Gasteiger partial charge in [0, 0.05) is 18.2 Å². The Morgan fingerprint density at radius 1 is 1.07 bits per heavy atom. The van der Waals surface area contributed by atoms with Gasteiger partial charge in [-0.25, -0.2) is 4.79 Å². The van der Waals surface area contributed by atoms with Crippen molar-refractivity contribution in [1.82, 2.24) is 0 Å². The second-order valence-corrected chi connectivity index (χ2v) is 7.17. The van der Waals surface area contributed by atoms with Crippen LogP contribution in [-0.4, -0.2) is 31.2 Å². The fourth-order valence-electron chi connectivity index (χ4n) is 2.98. The third-order valence-electron chi connectivity index (χ3n) is 4.41. The zero-order chi connectivity index (χ0) is 21.6. The van der Waals surface area contributed by atoms with Gasteiger partial charge in [-0.2, -0.15) is 0 Å². The summed E-state index contributed by atoms with van der Waals surface area (Å²) in [6, 6.07) is 10.8. The number of hydrogen-bond donors (Lipinski definition) is 2. The molecule has 0 aliphatic carbocycles. The second kappa shape index (κ2) is 9.78. The quantitative estimate of drug-likeness (QED) is 0.634. The summed E-state index contributed by atoms with van der Waals surface area (Å²) < 4.78 is 10.3. The average Bonchev–Trinajstić information content (AvgIpc) is 2.67. The number of anilines is 1. The molecule has 154 valence electrons. The van der Waals surface area contributed by atoms with Gasteiger partial charge in [0.2, 0.25) is 5.91 Å². The van der Waals surface area contributed by atoms with E-state index in [2.05, 4.69) is 31.3 Å². The van der Waals surface area contributed by atoms with Gasteiger partial charge in [-0.15, -0.1) is 0 Å².